The first-order valence-electron chi connectivity index (χ1n) is 9.01. The lowest BCUT2D eigenvalue weighted by Crippen LogP contribution is -2.36. The van der Waals surface area contributed by atoms with Crippen molar-refractivity contribution in [3.8, 4) is 11.1 Å². The monoisotopic (exact) mass is 326 g/mol. The fraction of sp³-hybridized carbons (Fsp3) is 0.167. The summed E-state index contributed by atoms with van der Waals surface area (Å²) < 4.78 is 14.5. The molecule has 2 aliphatic carbocycles. The lowest BCUT2D eigenvalue weighted by atomic mass is 9.83. The minimum absolute atomic E-state index is 0.112. The van der Waals surface area contributed by atoms with E-state index < -0.39 is 0 Å². The van der Waals surface area contributed by atoms with Gasteiger partial charge in [0.15, 0.2) is 0 Å². The summed E-state index contributed by atoms with van der Waals surface area (Å²) in [6.45, 7) is 0. The molecule has 0 saturated heterocycles. The maximum Gasteiger partial charge on any atom is 0.130 e. The predicted octanol–water partition coefficient (Wildman–Crippen LogP) is 4.36. The third-order valence-corrected chi connectivity index (χ3v) is 5.54. The van der Waals surface area contributed by atoms with Gasteiger partial charge in [-0.05, 0) is 70.0 Å². The van der Waals surface area contributed by atoms with Crippen LogP contribution in [0.2, 0.25) is 0 Å². The quantitative estimate of drug-likeness (QED) is 0.623. The fourth-order valence-corrected chi connectivity index (χ4v) is 4.41. The highest BCUT2D eigenvalue weighted by molar-refractivity contribution is 5.77. The summed E-state index contributed by atoms with van der Waals surface area (Å²) in [5, 5.41) is 2.58. The number of fused-ring (bicyclic) bond motifs is 5. The highest BCUT2D eigenvalue weighted by Crippen LogP contribution is 2.28. The Morgan fingerprint density at radius 2 is 1.48 bits per heavy atom. The van der Waals surface area contributed by atoms with Gasteiger partial charge in [-0.3, -0.25) is 0 Å². The molecule has 0 heterocycles. The minimum atomic E-state index is -0.112. The van der Waals surface area contributed by atoms with Gasteiger partial charge in [0, 0.05) is 5.56 Å². The molecule has 0 saturated carbocycles. The van der Waals surface area contributed by atoms with Gasteiger partial charge < -0.3 is 0 Å². The Bertz CT molecular complexity index is 1110. The molecule has 122 valence electrons. The molecule has 1 heteroatoms. The Labute approximate surface area is 147 Å². The number of halogens is 1. The van der Waals surface area contributed by atoms with Crippen molar-refractivity contribution in [1.82, 2.24) is 0 Å². The van der Waals surface area contributed by atoms with Gasteiger partial charge in [-0.2, -0.15) is 0 Å². The molecule has 0 N–H and O–H groups in total. The molecule has 3 aromatic rings. The second kappa shape index (κ2) is 5.70. The van der Waals surface area contributed by atoms with Gasteiger partial charge in [0.05, 0.1) is 0 Å². The van der Waals surface area contributed by atoms with E-state index in [2.05, 4.69) is 42.5 Å². The van der Waals surface area contributed by atoms with Crippen LogP contribution in [0.25, 0.3) is 22.8 Å². The first kappa shape index (κ1) is 14.7. The Hall–Kier alpha value is -2.67. The van der Waals surface area contributed by atoms with Crippen molar-refractivity contribution in [3.63, 3.8) is 0 Å². The maximum absolute atomic E-state index is 14.5. The van der Waals surface area contributed by atoms with Gasteiger partial charge in [-0.15, -0.1) is 0 Å². The smallest absolute Gasteiger partial charge is 0.130 e. The van der Waals surface area contributed by atoms with Crippen LogP contribution in [0.4, 0.5) is 4.39 Å². The Morgan fingerprint density at radius 1 is 0.680 bits per heavy atom. The van der Waals surface area contributed by atoms with E-state index in [0.717, 1.165) is 31.2 Å². The fourth-order valence-electron chi connectivity index (χ4n) is 4.41. The summed E-state index contributed by atoms with van der Waals surface area (Å²) in [7, 11) is 0. The molecule has 0 amide bonds. The van der Waals surface area contributed by atoms with Gasteiger partial charge >= 0.3 is 0 Å². The largest absolute Gasteiger partial charge is 0.206 e. The minimum Gasteiger partial charge on any atom is -0.206 e. The Kier molecular flexibility index (Phi) is 3.34. The summed E-state index contributed by atoms with van der Waals surface area (Å²) in [6, 6.07) is 20.3. The van der Waals surface area contributed by atoms with Crippen LogP contribution in [0.1, 0.15) is 29.5 Å². The van der Waals surface area contributed by atoms with Crippen LogP contribution in [0.15, 0.2) is 60.7 Å². The second-order valence-corrected chi connectivity index (χ2v) is 6.94. The average Bonchev–Trinajstić information content (AvgIpc) is 2.67. The van der Waals surface area contributed by atoms with Crippen molar-refractivity contribution in [1.29, 1.82) is 0 Å². The predicted molar refractivity (Wildman–Crippen MR) is 101 cm³/mol. The highest BCUT2D eigenvalue weighted by Gasteiger charge is 2.19. The molecule has 0 bridgehead atoms. The zero-order chi connectivity index (χ0) is 16.8. The van der Waals surface area contributed by atoms with Crippen LogP contribution in [0.3, 0.4) is 0 Å². The van der Waals surface area contributed by atoms with E-state index in [1.807, 2.05) is 12.1 Å². The summed E-state index contributed by atoms with van der Waals surface area (Å²) in [6.07, 6.45) is 6.40. The molecule has 0 spiro atoms. The molecule has 0 nitrogen and oxygen atoms in total. The third kappa shape index (κ3) is 2.26. The molecule has 0 aliphatic heterocycles. The van der Waals surface area contributed by atoms with Crippen LogP contribution in [0.5, 0.6) is 0 Å². The zero-order valence-electron chi connectivity index (χ0n) is 14.1. The molecule has 2 aliphatic rings. The van der Waals surface area contributed by atoms with Crippen LogP contribution in [-0.4, -0.2) is 0 Å². The lowest BCUT2D eigenvalue weighted by Gasteiger charge is -2.21. The van der Waals surface area contributed by atoms with Gasteiger partial charge in [-0.1, -0.05) is 60.7 Å². The first-order valence-corrected chi connectivity index (χ1v) is 9.01. The Balaban J connectivity index is 1.90. The van der Waals surface area contributed by atoms with Crippen molar-refractivity contribution in [2.45, 2.75) is 25.7 Å². The van der Waals surface area contributed by atoms with Gasteiger partial charge in [0.25, 0.3) is 0 Å². The van der Waals surface area contributed by atoms with Crippen molar-refractivity contribution >= 4 is 11.6 Å². The van der Waals surface area contributed by atoms with Crippen molar-refractivity contribution < 1.29 is 4.39 Å². The molecule has 25 heavy (non-hydrogen) atoms. The number of rotatable bonds is 1. The van der Waals surface area contributed by atoms with E-state index in [4.69, 9.17) is 0 Å². The van der Waals surface area contributed by atoms with Crippen molar-refractivity contribution in [2.24, 2.45) is 0 Å². The van der Waals surface area contributed by atoms with E-state index in [1.165, 1.54) is 38.3 Å². The number of benzene rings is 3. The summed E-state index contributed by atoms with van der Waals surface area (Å²) >= 11 is 0. The van der Waals surface area contributed by atoms with Gasteiger partial charge in [0.1, 0.15) is 5.82 Å². The van der Waals surface area contributed by atoms with Crippen molar-refractivity contribution in [3.05, 3.63) is 93.6 Å². The highest BCUT2D eigenvalue weighted by atomic mass is 19.1. The van der Waals surface area contributed by atoms with Gasteiger partial charge in [-0.25, -0.2) is 4.39 Å². The van der Waals surface area contributed by atoms with Gasteiger partial charge in [0.2, 0.25) is 0 Å². The SMILES string of the molecule is Fc1ccccc1C1=c2c(ccc3c2=CCc2ccccc2-3)CCC1. The lowest BCUT2D eigenvalue weighted by molar-refractivity contribution is 0.621. The summed E-state index contributed by atoms with van der Waals surface area (Å²) in [4.78, 5) is 0. The van der Waals surface area contributed by atoms with Crippen LogP contribution in [0, 0.1) is 5.82 Å². The second-order valence-electron chi connectivity index (χ2n) is 6.94. The molecule has 0 unspecified atom stereocenters. The van der Waals surface area contributed by atoms with Crippen molar-refractivity contribution in [2.75, 3.05) is 0 Å². The normalized spacial score (nSPS) is 15.0. The van der Waals surface area contributed by atoms with E-state index in [1.54, 1.807) is 12.1 Å². The Morgan fingerprint density at radius 3 is 2.36 bits per heavy atom. The topological polar surface area (TPSA) is 0 Å². The molecule has 3 aromatic carbocycles. The number of hydrogen-bond donors (Lipinski definition) is 0. The van der Waals surface area contributed by atoms with E-state index in [9.17, 15) is 4.39 Å². The van der Waals surface area contributed by atoms with E-state index in [0.29, 0.717) is 0 Å². The molecule has 0 radical (unpaired) electrons. The average molecular weight is 326 g/mol. The third-order valence-electron chi connectivity index (χ3n) is 5.54. The molecule has 0 aromatic heterocycles. The molecule has 5 rings (SSSR count). The molecular weight excluding hydrogens is 307 g/mol. The standard InChI is InChI=1S/C24H19F/c25-23-11-4-3-9-20(23)21-10-5-7-17-13-14-19-18-8-2-1-6-16(18)12-15-22(19)24(17)21/h1-4,6,8-9,11,13-15H,5,7,10,12H2. The molecule has 0 fully saturated rings. The number of aryl methyl sites for hydroxylation is 1. The van der Waals surface area contributed by atoms with Crippen LogP contribution >= 0.6 is 0 Å². The van der Waals surface area contributed by atoms with Crippen LogP contribution in [-0.2, 0) is 12.8 Å². The van der Waals surface area contributed by atoms with E-state index >= 15 is 0 Å². The molecular formula is C24H19F. The molecule has 0 atom stereocenters. The first-order chi connectivity index (χ1) is 12.3. The number of hydrogen-bond acceptors (Lipinski definition) is 0. The maximum atomic E-state index is 14.5. The zero-order valence-corrected chi connectivity index (χ0v) is 14.1. The van der Waals surface area contributed by atoms with Crippen LogP contribution < -0.4 is 10.4 Å². The summed E-state index contributed by atoms with van der Waals surface area (Å²) in [5.74, 6) is -0.112. The summed E-state index contributed by atoms with van der Waals surface area (Å²) in [5.41, 5.74) is 7.28. The van der Waals surface area contributed by atoms with E-state index in [-0.39, 0.29) is 5.82 Å².